The van der Waals surface area contributed by atoms with E-state index in [-0.39, 0.29) is 4.90 Å². The Morgan fingerprint density at radius 1 is 1.07 bits per heavy atom. The molecule has 0 saturated carbocycles. The van der Waals surface area contributed by atoms with Gasteiger partial charge in [0.1, 0.15) is 0 Å². The molecule has 1 aromatic rings. The van der Waals surface area contributed by atoms with Crippen molar-refractivity contribution < 1.29 is 8.42 Å². The Morgan fingerprint density at radius 3 is 1.86 bits per heavy atom. The van der Waals surface area contributed by atoms with Gasteiger partial charge in [-0.2, -0.15) is 0 Å². The van der Waals surface area contributed by atoms with E-state index in [4.69, 9.17) is 0 Å². The second kappa shape index (κ2) is 4.30. The first-order valence-electron chi connectivity index (χ1n) is 3.72. The Labute approximate surface area is 100 Å². The van der Waals surface area contributed by atoms with Gasteiger partial charge in [-0.3, -0.25) is 0 Å². The molecule has 1 aromatic carbocycles. The van der Waals surface area contributed by atoms with E-state index < -0.39 is 10.0 Å². The molecule has 0 aliphatic rings. The molecule has 0 bridgehead atoms. The van der Waals surface area contributed by atoms with E-state index in [1.165, 1.54) is 18.4 Å². The van der Waals surface area contributed by atoms with Crippen LogP contribution in [0, 0.1) is 0 Å². The quantitative estimate of drug-likeness (QED) is 0.827. The highest BCUT2D eigenvalue weighted by atomic mass is 79.9. The van der Waals surface area contributed by atoms with E-state index in [0.29, 0.717) is 0 Å². The van der Waals surface area contributed by atoms with Crippen LogP contribution < -0.4 is 0 Å². The molecule has 0 aliphatic heterocycles. The second-order valence-electron chi connectivity index (χ2n) is 2.89. The Hall–Kier alpha value is 0.0900. The van der Waals surface area contributed by atoms with Gasteiger partial charge in [-0.15, -0.1) is 0 Å². The van der Waals surface area contributed by atoms with Gasteiger partial charge in [0, 0.05) is 23.0 Å². The minimum atomic E-state index is -3.35. The fourth-order valence-corrected chi connectivity index (χ4v) is 3.46. The van der Waals surface area contributed by atoms with Gasteiger partial charge in [0.2, 0.25) is 10.0 Å². The number of benzene rings is 1. The Kier molecular flexibility index (Phi) is 3.74. The molecule has 0 fully saturated rings. The van der Waals surface area contributed by atoms with E-state index in [0.717, 1.165) is 8.95 Å². The smallest absolute Gasteiger partial charge is 0.207 e. The van der Waals surface area contributed by atoms with Crippen molar-refractivity contribution in [3.05, 3.63) is 27.1 Å². The van der Waals surface area contributed by atoms with Crippen LogP contribution in [0.15, 0.2) is 32.0 Å². The van der Waals surface area contributed by atoms with Crippen LogP contribution in [0.25, 0.3) is 0 Å². The first-order valence-corrected chi connectivity index (χ1v) is 6.75. The van der Waals surface area contributed by atoms with Crippen molar-refractivity contribution in [2.75, 3.05) is 14.1 Å². The third kappa shape index (κ3) is 2.56. The van der Waals surface area contributed by atoms with Gasteiger partial charge in [-0.1, -0.05) is 31.9 Å². The lowest BCUT2D eigenvalue weighted by atomic mass is 10.4. The van der Waals surface area contributed by atoms with Gasteiger partial charge in [0.25, 0.3) is 0 Å². The molecule has 14 heavy (non-hydrogen) atoms. The zero-order valence-corrected chi connectivity index (χ0v) is 11.6. The molecule has 0 radical (unpaired) electrons. The Morgan fingerprint density at radius 2 is 1.50 bits per heavy atom. The van der Waals surface area contributed by atoms with E-state index in [9.17, 15) is 8.42 Å². The van der Waals surface area contributed by atoms with Crippen LogP contribution in [0.1, 0.15) is 0 Å². The molecular weight excluding hydrogens is 334 g/mol. The van der Waals surface area contributed by atoms with Crippen LogP contribution in [0.4, 0.5) is 0 Å². The lowest BCUT2D eigenvalue weighted by Gasteiger charge is -2.11. The summed E-state index contributed by atoms with van der Waals surface area (Å²) >= 11 is 6.48. The molecule has 0 unspecified atom stereocenters. The normalized spacial score (nSPS) is 12.1. The summed E-state index contributed by atoms with van der Waals surface area (Å²) in [5.41, 5.74) is 0. The lowest BCUT2D eigenvalue weighted by Crippen LogP contribution is -2.22. The summed E-state index contributed by atoms with van der Waals surface area (Å²) in [5, 5.41) is 0. The first kappa shape index (κ1) is 12.2. The molecule has 78 valence electrons. The number of nitrogens with zero attached hydrogens (tertiary/aromatic N) is 1. The van der Waals surface area contributed by atoms with Crippen molar-refractivity contribution in [3.8, 4) is 0 Å². The monoisotopic (exact) mass is 341 g/mol. The summed E-state index contributed by atoms with van der Waals surface area (Å²) in [4.78, 5) is 0.267. The molecule has 0 aromatic heterocycles. The number of hydrogen-bond donors (Lipinski definition) is 0. The first-order chi connectivity index (χ1) is 6.34. The predicted octanol–water partition coefficient (Wildman–Crippen LogP) is 2.46. The van der Waals surface area contributed by atoms with Crippen LogP contribution >= 0.6 is 31.9 Å². The van der Waals surface area contributed by atoms with Gasteiger partial charge < -0.3 is 0 Å². The largest absolute Gasteiger partial charge is 0.242 e. The highest BCUT2D eigenvalue weighted by Crippen LogP contribution is 2.24. The lowest BCUT2D eigenvalue weighted by molar-refractivity contribution is 0.520. The van der Waals surface area contributed by atoms with Crippen molar-refractivity contribution in [2.45, 2.75) is 4.90 Å². The summed E-state index contributed by atoms with van der Waals surface area (Å²) in [6, 6.07) is 4.93. The second-order valence-corrected chi connectivity index (χ2v) is 6.88. The summed E-state index contributed by atoms with van der Waals surface area (Å²) in [5.74, 6) is 0. The molecule has 0 N–H and O–H groups in total. The molecule has 0 heterocycles. The maximum Gasteiger partial charge on any atom is 0.242 e. The van der Waals surface area contributed by atoms with Crippen molar-refractivity contribution in [1.29, 1.82) is 0 Å². The van der Waals surface area contributed by atoms with Crippen LogP contribution in [0.5, 0.6) is 0 Å². The van der Waals surface area contributed by atoms with E-state index in [2.05, 4.69) is 31.9 Å². The fourth-order valence-electron chi connectivity index (χ4n) is 0.888. The van der Waals surface area contributed by atoms with Crippen LogP contribution in [0.2, 0.25) is 0 Å². The molecular formula is C8H9Br2NO2S. The third-order valence-corrected chi connectivity index (χ3v) is 4.32. The van der Waals surface area contributed by atoms with E-state index in [1.54, 1.807) is 18.2 Å². The minimum Gasteiger partial charge on any atom is -0.207 e. The molecule has 0 saturated heterocycles. The number of sulfonamides is 1. The summed E-state index contributed by atoms with van der Waals surface area (Å²) in [7, 11) is -0.340. The predicted molar refractivity (Wildman–Crippen MR) is 62.7 cm³/mol. The van der Waals surface area contributed by atoms with Gasteiger partial charge in [0.05, 0.1) is 4.90 Å². The zero-order valence-electron chi connectivity index (χ0n) is 7.66. The number of halogens is 2. The van der Waals surface area contributed by atoms with Gasteiger partial charge in [-0.25, -0.2) is 12.7 Å². The van der Waals surface area contributed by atoms with Gasteiger partial charge >= 0.3 is 0 Å². The van der Waals surface area contributed by atoms with Gasteiger partial charge in [0.15, 0.2) is 0 Å². The molecule has 0 amide bonds. The van der Waals surface area contributed by atoms with Gasteiger partial charge in [-0.05, 0) is 18.2 Å². The summed E-state index contributed by atoms with van der Waals surface area (Å²) in [6.45, 7) is 0. The Balaban J connectivity index is 3.34. The van der Waals surface area contributed by atoms with Crippen LogP contribution in [-0.2, 0) is 10.0 Å². The topological polar surface area (TPSA) is 37.4 Å². The van der Waals surface area contributed by atoms with E-state index in [1.807, 2.05) is 0 Å². The standard InChI is InChI=1S/C8H9Br2NO2S/c1-11(2)14(12,13)8-4-6(9)3-7(10)5-8/h3-5H,1-2H3. The maximum absolute atomic E-state index is 11.7. The zero-order chi connectivity index (χ0) is 10.9. The van der Waals surface area contributed by atoms with Crippen molar-refractivity contribution in [1.82, 2.24) is 4.31 Å². The Bertz CT molecular complexity index is 422. The molecule has 3 nitrogen and oxygen atoms in total. The van der Waals surface area contributed by atoms with Crippen LogP contribution in [-0.4, -0.2) is 26.8 Å². The van der Waals surface area contributed by atoms with Crippen molar-refractivity contribution >= 4 is 41.9 Å². The summed E-state index contributed by atoms with van der Waals surface area (Å²) in [6.07, 6.45) is 0. The molecule has 6 heteroatoms. The summed E-state index contributed by atoms with van der Waals surface area (Å²) < 4.78 is 26.1. The van der Waals surface area contributed by atoms with Crippen molar-refractivity contribution in [3.63, 3.8) is 0 Å². The molecule has 0 aliphatic carbocycles. The molecule has 0 atom stereocenters. The third-order valence-electron chi connectivity index (χ3n) is 1.61. The van der Waals surface area contributed by atoms with Crippen LogP contribution in [0.3, 0.4) is 0 Å². The van der Waals surface area contributed by atoms with E-state index >= 15 is 0 Å². The fraction of sp³-hybridized carbons (Fsp3) is 0.250. The highest BCUT2D eigenvalue weighted by Gasteiger charge is 2.17. The number of rotatable bonds is 2. The highest BCUT2D eigenvalue weighted by molar-refractivity contribution is 9.11. The average molecular weight is 343 g/mol. The molecule has 0 spiro atoms. The minimum absolute atomic E-state index is 0.267. The van der Waals surface area contributed by atoms with Crippen molar-refractivity contribution in [2.24, 2.45) is 0 Å². The molecule has 1 rings (SSSR count). The average Bonchev–Trinajstić information content (AvgIpc) is 2.01. The SMILES string of the molecule is CN(C)S(=O)(=O)c1cc(Br)cc(Br)c1. The maximum atomic E-state index is 11.7. The number of hydrogen-bond acceptors (Lipinski definition) is 2.